The van der Waals surface area contributed by atoms with Gasteiger partial charge in [-0.05, 0) is 68.6 Å². The van der Waals surface area contributed by atoms with E-state index in [0.717, 1.165) is 25.7 Å². The van der Waals surface area contributed by atoms with E-state index >= 15 is 0 Å². The largest absolute Gasteiger partial charge is 0.309 e. The van der Waals surface area contributed by atoms with Gasteiger partial charge in [0.15, 0.2) is 0 Å². The summed E-state index contributed by atoms with van der Waals surface area (Å²) in [6.45, 7) is 3.11. The first-order chi connectivity index (χ1) is 9.10. The van der Waals surface area contributed by atoms with Crippen LogP contribution >= 0.6 is 59.1 Å². The minimum Gasteiger partial charge on any atom is -0.309 e. The molecule has 0 saturated heterocycles. The molecular formula is C14H14Br3NS. The highest BCUT2D eigenvalue weighted by molar-refractivity contribution is 9.13. The van der Waals surface area contributed by atoms with E-state index in [0.29, 0.717) is 6.04 Å². The maximum absolute atomic E-state index is 3.57. The Hall–Kier alpha value is 0.320. The van der Waals surface area contributed by atoms with E-state index < -0.39 is 0 Å². The van der Waals surface area contributed by atoms with Crippen LogP contribution in [-0.4, -0.2) is 6.54 Å². The van der Waals surface area contributed by atoms with Crippen LogP contribution in [-0.2, 0) is 6.42 Å². The van der Waals surface area contributed by atoms with Crippen molar-refractivity contribution in [2.24, 2.45) is 0 Å². The van der Waals surface area contributed by atoms with Crippen molar-refractivity contribution in [3.8, 4) is 0 Å². The molecule has 0 fully saturated rings. The minimum absolute atomic E-state index is 0.360. The van der Waals surface area contributed by atoms with Gasteiger partial charge in [-0.25, -0.2) is 0 Å². The molecule has 0 saturated carbocycles. The third-order valence-corrected chi connectivity index (χ3v) is 6.71. The van der Waals surface area contributed by atoms with Crippen LogP contribution in [0.5, 0.6) is 0 Å². The van der Waals surface area contributed by atoms with Gasteiger partial charge in [0, 0.05) is 19.9 Å². The number of thiophene rings is 1. The first-order valence-electron chi connectivity index (χ1n) is 6.02. The summed E-state index contributed by atoms with van der Waals surface area (Å²) in [7, 11) is 0. The zero-order valence-corrected chi connectivity index (χ0v) is 16.0. The van der Waals surface area contributed by atoms with Gasteiger partial charge in [-0.15, -0.1) is 11.3 Å². The number of likely N-dealkylation sites (N-methyl/N-ethyl adjacent to an activating group) is 1. The molecule has 1 aromatic heterocycles. The lowest BCUT2D eigenvalue weighted by Crippen LogP contribution is -2.22. The highest BCUT2D eigenvalue weighted by Crippen LogP contribution is 2.36. The van der Waals surface area contributed by atoms with Gasteiger partial charge in [0.25, 0.3) is 0 Å². The van der Waals surface area contributed by atoms with Gasteiger partial charge in [0.05, 0.1) is 3.79 Å². The van der Waals surface area contributed by atoms with Crippen molar-refractivity contribution in [2.45, 2.75) is 19.4 Å². The average Bonchev–Trinajstić information content (AvgIpc) is 2.72. The molecule has 0 aliphatic carbocycles. The van der Waals surface area contributed by atoms with Crippen LogP contribution in [0, 0.1) is 0 Å². The van der Waals surface area contributed by atoms with Gasteiger partial charge < -0.3 is 5.32 Å². The molecule has 1 N–H and O–H groups in total. The van der Waals surface area contributed by atoms with Gasteiger partial charge in [0.2, 0.25) is 0 Å². The van der Waals surface area contributed by atoms with Crippen LogP contribution in [0.15, 0.2) is 43.1 Å². The third-order valence-electron chi connectivity index (χ3n) is 2.81. The predicted molar refractivity (Wildman–Crippen MR) is 94.0 cm³/mol. The highest BCUT2D eigenvalue weighted by Gasteiger charge is 2.15. The third kappa shape index (κ3) is 4.39. The monoisotopic (exact) mass is 465 g/mol. The van der Waals surface area contributed by atoms with Crippen LogP contribution in [0.3, 0.4) is 0 Å². The van der Waals surface area contributed by atoms with Gasteiger partial charge in [-0.3, -0.25) is 0 Å². The zero-order valence-electron chi connectivity index (χ0n) is 10.4. The molecule has 19 heavy (non-hydrogen) atoms. The summed E-state index contributed by atoms with van der Waals surface area (Å²) in [5.41, 5.74) is 1.34. The number of nitrogens with one attached hydrogen (secondary N) is 1. The summed E-state index contributed by atoms with van der Waals surface area (Å²) in [6.07, 6.45) is 1.00. The van der Waals surface area contributed by atoms with Crippen molar-refractivity contribution in [3.05, 3.63) is 53.5 Å². The van der Waals surface area contributed by atoms with E-state index in [4.69, 9.17) is 0 Å². The van der Waals surface area contributed by atoms with E-state index in [2.05, 4.69) is 90.4 Å². The van der Waals surface area contributed by atoms with Crippen molar-refractivity contribution in [3.63, 3.8) is 0 Å². The standard InChI is InChI=1S/C14H14Br3NS/c1-2-18-12(13-8-11(16)14(17)19-13)7-9-3-5-10(15)6-4-9/h3-6,8,12,18H,2,7H2,1H3. The first kappa shape index (κ1) is 15.7. The van der Waals surface area contributed by atoms with Crippen molar-refractivity contribution >= 4 is 59.1 Å². The summed E-state index contributed by atoms with van der Waals surface area (Å²) in [5, 5.41) is 3.56. The molecule has 0 aliphatic rings. The Balaban J connectivity index is 2.18. The lowest BCUT2D eigenvalue weighted by Gasteiger charge is -2.16. The molecule has 2 aromatic rings. The fourth-order valence-corrected chi connectivity index (χ4v) is 4.34. The van der Waals surface area contributed by atoms with E-state index in [9.17, 15) is 0 Å². The van der Waals surface area contributed by atoms with Crippen LogP contribution in [0.25, 0.3) is 0 Å². The Kier molecular flexibility index (Phi) is 6.09. The Morgan fingerprint density at radius 3 is 2.37 bits per heavy atom. The van der Waals surface area contributed by atoms with Gasteiger partial charge >= 0.3 is 0 Å². The van der Waals surface area contributed by atoms with Crippen molar-refractivity contribution in [1.29, 1.82) is 0 Å². The molecule has 0 aliphatic heterocycles. The Morgan fingerprint density at radius 2 is 1.84 bits per heavy atom. The molecule has 1 heterocycles. The van der Waals surface area contributed by atoms with Gasteiger partial charge in [-0.2, -0.15) is 0 Å². The smallest absolute Gasteiger partial charge is 0.0843 e. The fraction of sp³-hybridized carbons (Fsp3) is 0.286. The number of hydrogen-bond acceptors (Lipinski definition) is 2. The van der Waals surface area contributed by atoms with Gasteiger partial charge in [0.1, 0.15) is 0 Å². The number of benzene rings is 1. The molecule has 0 amide bonds. The number of hydrogen-bond donors (Lipinski definition) is 1. The second-order valence-corrected chi connectivity index (χ2v) is 8.38. The van der Waals surface area contributed by atoms with Crippen LogP contribution < -0.4 is 5.32 Å². The van der Waals surface area contributed by atoms with Crippen LogP contribution in [0.2, 0.25) is 0 Å². The van der Waals surface area contributed by atoms with Crippen LogP contribution in [0.4, 0.5) is 0 Å². The van der Waals surface area contributed by atoms with E-state index in [1.807, 2.05) is 0 Å². The molecule has 1 nitrogen and oxygen atoms in total. The van der Waals surface area contributed by atoms with Crippen LogP contribution in [0.1, 0.15) is 23.4 Å². The molecule has 1 atom stereocenters. The Bertz CT molecular complexity index is 517. The zero-order chi connectivity index (χ0) is 13.8. The van der Waals surface area contributed by atoms with Crippen molar-refractivity contribution in [1.82, 2.24) is 5.32 Å². The lowest BCUT2D eigenvalue weighted by molar-refractivity contribution is 0.558. The summed E-state index contributed by atoms with van der Waals surface area (Å²) in [4.78, 5) is 1.35. The molecule has 0 bridgehead atoms. The Morgan fingerprint density at radius 1 is 1.16 bits per heavy atom. The van der Waals surface area contributed by atoms with Crippen molar-refractivity contribution < 1.29 is 0 Å². The summed E-state index contributed by atoms with van der Waals surface area (Å²) in [6, 6.07) is 11.1. The summed E-state index contributed by atoms with van der Waals surface area (Å²) in [5.74, 6) is 0. The molecule has 1 aromatic carbocycles. The maximum Gasteiger partial charge on any atom is 0.0843 e. The normalized spacial score (nSPS) is 12.6. The molecular weight excluding hydrogens is 454 g/mol. The lowest BCUT2D eigenvalue weighted by atomic mass is 10.0. The molecule has 0 radical (unpaired) electrons. The summed E-state index contributed by atoms with van der Waals surface area (Å²) >= 11 is 12.4. The van der Waals surface area contributed by atoms with E-state index in [1.54, 1.807) is 11.3 Å². The molecule has 1 unspecified atom stereocenters. The quantitative estimate of drug-likeness (QED) is 0.574. The summed E-state index contributed by atoms with van der Waals surface area (Å²) < 4.78 is 3.41. The Labute approximate surface area is 143 Å². The topological polar surface area (TPSA) is 12.0 Å². The average molecular weight is 468 g/mol. The van der Waals surface area contributed by atoms with Gasteiger partial charge in [-0.1, -0.05) is 35.0 Å². The molecule has 102 valence electrons. The fourth-order valence-electron chi connectivity index (χ4n) is 1.91. The number of rotatable bonds is 5. The predicted octanol–water partition coefficient (Wildman–Crippen LogP) is 5.93. The van der Waals surface area contributed by atoms with E-state index in [1.165, 1.54) is 10.4 Å². The second-order valence-electron chi connectivity index (χ2n) is 4.21. The minimum atomic E-state index is 0.360. The number of halogens is 3. The molecule has 2 rings (SSSR count). The first-order valence-corrected chi connectivity index (χ1v) is 9.22. The van der Waals surface area contributed by atoms with E-state index in [-0.39, 0.29) is 0 Å². The molecule has 0 spiro atoms. The molecule has 5 heteroatoms. The SMILES string of the molecule is CCNC(Cc1ccc(Br)cc1)c1cc(Br)c(Br)s1. The maximum atomic E-state index is 3.57. The second kappa shape index (κ2) is 7.36. The highest BCUT2D eigenvalue weighted by atomic mass is 79.9. The van der Waals surface area contributed by atoms with Crippen molar-refractivity contribution in [2.75, 3.05) is 6.54 Å².